The second-order valence-corrected chi connectivity index (χ2v) is 8.46. The van der Waals surface area contributed by atoms with Gasteiger partial charge in [-0.1, -0.05) is 29.8 Å². The Morgan fingerprint density at radius 1 is 1.12 bits per heavy atom. The van der Waals surface area contributed by atoms with Gasteiger partial charge in [-0.2, -0.15) is 0 Å². The Hall–Kier alpha value is -3.06. The number of carbonyl (C=O) groups excluding carboxylic acids is 3. The summed E-state index contributed by atoms with van der Waals surface area (Å²) >= 11 is 6.10. The van der Waals surface area contributed by atoms with Crippen LogP contribution in [0.25, 0.3) is 0 Å². The largest absolute Gasteiger partial charge is 0.482 e. The Balaban J connectivity index is 1.38. The van der Waals surface area contributed by atoms with Crippen molar-refractivity contribution in [2.45, 2.75) is 31.7 Å². The summed E-state index contributed by atoms with van der Waals surface area (Å²) in [7, 11) is 0. The molecule has 1 unspecified atom stereocenters. The maximum Gasteiger partial charge on any atom is 0.265 e. The van der Waals surface area contributed by atoms with E-state index >= 15 is 0 Å². The molecule has 0 saturated carbocycles. The zero-order chi connectivity index (χ0) is 22.5. The molecule has 2 aliphatic rings. The van der Waals surface area contributed by atoms with E-state index < -0.39 is 0 Å². The summed E-state index contributed by atoms with van der Waals surface area (Å²) in [5.74, 6) is 0.0503. The molecule has 168 valence electrons. The maximum absolute atomic E-state index is 13.2. The molecule has 0 aliphatic carbocycles. The van der Waals surface area contributed by atoms with Gasteiger partial charge in [0.05, 0.1) is 5.69 Å². The third kappa shape index (κ3) is 5.05. The highest BCUT2D eigenvalue weighted by Crippen LogP contribution is 2.34. The fourth-order valence-corrected chi connectivity index (χ4v) is 4.41. The van der Waals surface area contributed by atoms with Gasteiger partial charge in [0.1, 0.15) is 12.3 Å². The third-order valence-corrected chi connectivity index (χ3v) is 6.14. The van der Waals surface area contributed by atoms with Gasteiger partial charge in [0.15, 0.2) is 6.61 Å². The Kier molecular flexibility index (Phi) is 6.95. The number of halogens is 1. The molecule has 1 atom stereocenters. The number of hydrogen-bond donors (Lipinski definition) is 1. The van der Waals surface area contributed by atoms with Gasteiger partial charge in [0.25, 0.3) is 11.8 Å². The first kappa shape index (κ1) is 22.1. The summed E-state index contributed by atoms with van der Waals surface area (Å²) in [4.78, 5) is 41.3. The van der Waals surface area contributed by atoms with Gasteiger partial charge >= 0.3 is 0 Å². The van der Waals surface area contributed by atoms with Crippen LogP contribution in [0.5, 0.6) is 5.75 Å². The van der Waals surface area contributed by atoms with Crippen molar-refractivity contribution in [3.63, 3.8) is 0 Å². The van der Waals surface area contributed by atoms with Gasteiger partial charge < -0.3 is 15.0 Å². The van der Waals surface area contributed by atoms with Crippen LogP contribution in [0.4, 0.5) is 5.69 Å². The molecule has 4 rings (SSSR count). The Morgan fingerprint density at radius 2 is 1.94 bits per heavy atom. The lowest BCUT2D eigenvalue weighted by molar-refractivity contribution is -0.135. The van der Waals surface area contributed by atoms with Crippen LogP contribution in [0.2, 0.25) is 5.02 Å². The van der Waals surface area contributed by atoms with Crippen molar-refractivity contribution in [2.75, 3.05) is 31.1 Å². The van der Waals surface area contributed by atoms with Crippen LogP contribution >= 0.6 is 11.6 Å². The number of benzene rings is 2. The van der Waals surface area contributed by atoms with Crippen molar-refractivity contribution in [1.29, 1.82) is 0 Å². The van der Waals surface area contributed by atoms with Crippen molar-refractivity contribution in [2.24, 2.45) is 0 Å². The van der Waals surface area contributed by atoms with Crippen LogP contribution in [0, 0.1) is 0 Å². The standard InChI is InChI=1S/C24H26ClN3O4/c25-18-9-10-21-20(14-18)28(23(30)16-32-21)15-22(29)27-13-5-4-8-19(27)11-12-26-24(31)17-6-2-1-3-7-17/h1-3,6-7,9-10,14,19H,4-5,8,11-13,15-16H2,(H,26,31). The third-order valence-electron chi connectivity index (χ3n) is 5.90. The van der Waals surface area contributed by atoms with Crippen molar-refractivity contribution < 1.29 is 19.1 Å². The Morgan fingerprint density at radius 3 is 2.75 bits per heavy atom. The second-order valence-electron chi connectivity index (χ2n) is 8.03. The number of amides is 3. The van der Waals surface area contributed by atoms with Crippen LogP contribution in [0.3, 0.4) is 0 Å². The minimum Gasteiger partial charge on any atom is -0.482 e. The molecular formula is C24H26ClN3O4. The van der Waals surface area contributed by atoms with E-state index in [0.717, 1.165) is 19.3 Å². The monoisotopic (exact) mass is 455 g/mol. The Bertz CT molecular complexity index is 998. The number of fused-ring (bicyclic) bond motifs is 1. The number of ether oxygens (including phenoxy) is 1. The summed E-state index contributed by atoms with van der Waals surface area (Å²) in [5.41, 5.74) is 1.14. The number of nitrogens with one attached hydrogen (secondary N) is 1. The molecule has 0 spiro atoms. The van der Waals surface area contributed by atoms with Gasteiger partial charge in [-0.3, -0.25) is 19.3 Å². The molecule has 0 aromatic heterocycles. The molecule has 1 fully saturated rings. The highest BCUT2D eigenvalue weighted by Gasteiger charge is 2.32. The molecule has 8 heteroatoms. The van der Waals surface area contributed by atoms with Gasteiger partial charge in [-0.05, 0) is 56.0 Å². The first-order valence-electron chi connectivity index (χ1n) is 10.9. The first-order valence-corrected chi connectivity index (χ1v) is 11.3. The zero-order valence-corrected chi connectivity index (χ0v) is 18.5. The normalized spacial score (nSPS) is 18.0. The summed E-state index contributed by atoms with van der Waals surface area (Å²) < 4.78 is 5.47. The molecule has 2 aliphatic heterocycles. The molecule has 7 nitrogen and oxygen atoms in total. The average molecular weight is 456 g/mol. The molecule has 0 bridgehead atoms. The molecule has 3 amide bonds. The molecule has 1 N–H and O–H groups in total. The molecular weight excluding hydrogens is 430 g/mol. The number of likely N-dealkylation sites (tertiary alicyclic amines) is 1. The summed E-state index contributed by atoms with van der Waals surface area (Å²) in [6.45, 7) is 0.980. The molecule has 2 heterocycles. The number of piperidine rings is 1. The summed E-state index contributed by atoms with van der Waals surface area (Å²) in [6, 6.07) is 14.2. The van der Waals surface area contributed by atoms with Crippen molar-refractivity contribution >= 4 is 35.0 Å². The van der Waals surface area contributed by atoms with E-state index in [9.17, 15) is 14.4 Å². The van der Waals surface area contributed by atoms with E-state index in [2.05, 4.69) is 5.32 Å². The SMILES string of the molecule is O=C(NCCC1CCCCN1C(=O)CN1C(=O)COc2ccc(Cl)cc21)c1ccccc1. The average Bonchev–Trinajstić information content (AvgIpc) is 2.81. The lowest BCUT2D eigenvalue weighted by atomic mass is 9.99. The van der Waals surface area contributed by atoms with Crippen LogP contribution in [0.15, 0.2) is 48.5 Å². The maximum atomic E-state index is 13.2. The minimum absolute atomic E-state index is 0.0299. The van der Waals surface area contributed by atoms with Crippen LogP contribution < -0.4 is 15.0 Å². The molecule has 2 aromatic rings. The zero-order valence-electron chi connectivity index (χ0n) is 17.8. The van der Waals surface area contributed by atoms with Crippen LogP contribution in [0.1, 0.15) is 36.0 Å². The van der Waals surface area contributed by atoms with Gasteiger partial charge in [0.2, 0.25) is 5.91 Å². The van der Waals surface area contributed by atoms with Crippen LogP contribution in [-0.2, 0) is 9.59 Å². The second kappa shape index (κ2) is 10.0. The number of rotatable bonds is 6. The fraction of sp³-hybridized carbons (Fsp3) is 0.375. The predicted octanol–water partition coefficient (Wildman–Crippen LogP) is 3.27. The lowest BCUT2D eigenvalue weighted by Crippen LogP contribution is -2.51. The molecule has 2 aromatic carbocycles. The molecule has 0 radical (unpaired) electrons. The Labute approximate surface area is 192 Å². The quantitative estimate of drug-likeness (QED) is 0.725. The van der Waals surface area contributed by atoms with E-state index in [1.54, 1.807) is 30.3 Å². The number of anilines is 1. The van der Waals surface area contributed by atoms with E-state index in [4.69, 9.17) is 16.3 Å². The van der Waals surface area contributed by atoms with Crippen molar-refractivity contribution in [1.82, 2.24) is 10.2 Å². The number of hydrogen-bond acceptors (Lipinski definition) is 4. The lowest BCUT2D eigenvalue weighted by Gasteiger charge is -2.38. The summed E-state index contributed by atoms with van der Waals surface area (Å²) in [5, 5.41) is 3.42. The molecule has 1 saturated heterocycles. The van der Waals surface area contributed by atoms with E-state index in [1.165, 1.54) is 4.90 Å². The predicted molar refractivity (Wildman–Crippen MR) is 122 cm³/mol. The highest BCUT2D eigenvalue weighted by molar-refractivity contribution is 6.31. The van der Waals surface area contributed by atoms with Crippen LogP contribution in [-0.4, -0.2) is 54.9 Å². The fourth-order valence-electron chi connectivity index (χ4n) is 4.25. The number of nitrogens with zero attached hydrogens (tertiary/aromatic N) is 2. The van der Waals surface area contributed by atoms with Gasteiger partial charge in [0, 0.05) is 29.7 Å². The minimum atomic E-state index is -0.267. The van der Waals surface area contributed by atoms with E-state index in [0.29, 0.717) is 41.5 Å². The highest BCUT2D eigenvalue weighted by atomic mass is 35.5. The number of carbonyl (C=O) groups is 3. The summed E-state index contributed by atoms with van der Waals surface area (Å²) in [6.07, 6.45) is 3.52. The van der Waals surface area contributed by atoms with E-state index in [1.807, 2.05) is 23.1 Å². The molecule has 32 heavy (non-hydrogen) atoms. The first-order chi connectivity index (χ1) is 15.5. The van der Waals surface area contributed by atoms with E-state index in [-0.39, 0.29) is 36.9 Å². The van der Waals surface area contributed by atoms with Gasteiger partial charge in [-0.25, -0.2) is 0 Å². The van der Waals surface area contributed by atoms with Crippen molar-refractivity contribution in [3.05, 3.63) is 59.1 Å². The smallest absolute Gasteiger partial charge is 0.265 e. The van der Waals surface area contributed by atoms with Crippen molar-refractivity contribution in [3.8, 4) is 5.75 Å². The topological polar surface area (TPSA) is 79.0 Å². The van der Waals surface area contributed by atoms with Gasteiger partial charge in [-0.15, -0.1) is 0 Å².